The number of amides is 3. The van der Waals surface area contributed by atoms with Crippen molar-refractivity contribution in [1.82, 2.24) is 4.90 Å². The van der Waals surface area contributed by atoms with Crippen LogP contribution in [-0.4, -0.2) is 42.2 Å². The first kappa shape index (κ1) is 19.1. The van der Waals surface area contributed by atoms with E-state index in [2.05, 4.69) is 5.32 Å². The Labute approximate surface area is 158 Å². The van der Waals surface area contributed by atoms with Crippen LogP contribution in [-0.2, 0) is 19.1 Å². The molecule has 1 aliphatic heterocycles. The summed E-state index contributed by atoms with van der Waals surface area (Å²) in [5, 5.41) is 2.61. The molecule has 0 radical (unpaired) electrons. The smallest absolute Gasteiger partial charge is 0.339 e. The Morgan fingerprint density at radius 3 is 2.56 bits per heavy atom. The molecule has 1 N–H and O–H groups in total. The number of nitrogens with one attached hydrogen (secondary N) is 1. The molecule has 3 amide bonds. The van der Waals surface area contributed by atoms with Gasteiger partial charge in [0.15, 0.2) is 0 Å². The second-order valence-electron chi connectivity index (χ2n) is 7.96. The van der Waals surface area contributed by atoms with Gasteiger partial charge in [-0.1, -0.05) is 32.9 Å². The molecule has 7 nitrogen and oxygen atoms in total. The first-order valence-corrected chi connectivity index (χ1v) is 8.96. The van der Waals surface area contributed by atoms with Crippen molar-refractivity contribution in [2.45, 2.75) is 33.6 Å². The van der Waals surface area contributed by atoms with Crippen LogP contribution in [0, 0.1) is 16.7 Å². The molecule has 1 aliphatic carbocycles. The Hall–Kier alpha value is -2.70. The summed E-state index contributed by atoms with van der Waals surface area (Å²) >= 11 is 0. The second kappa shape index (κ2) is 6.48. The molecular formula is C20H24N2O5. The van der Waals surface area contributed by atoms with Crippen molar-refractivity contribution in [2.24, 2.45) is 16.7 Å². The molecule has 3 rings (SSSR count). The second-order valence-corrected chi connectivity index (χ2v) is 7.96. The Morgan fingerprint density at radius 1 is 1.22 bits per heavy atom. The van der Waals surface area contributed by atoms with Crippen molar-refractivity contribution in [3.05, 3.63) is 29.8 Å². The molecule has 1 aromatic rings. The number of likely N-dealkylation sites (tertiary alicyclic amines) is 1. The van der Waals surface area contributed by atoms with E-state index in [0.717, 1.165) is 4.90 Å². The van der Waals surface area contributed by atoms with E-state index in [1.807, 2.05) is 20.8 Å². The summed E-state index contributed by atoms with van der Waals surface area (Å²) in [4.78, 5) is 51.2. The summed E-state index contributed by atoms with van der Waals surface area (Å²) < 4.78 is 4.71. The van der Waals surface area contributed by atoms with Crippen LogP contribution in [0.4, 0.5) is 5.69 Å². The van der Waals surface area contributed by atoms with Crippen LogP contribution < -0.4 is 5.32 Å². The van der Waals surface area contributed by atoms with Crippen LogP contribution in [0.2, 0.25) is 0 Å². The molecule has 2 atom stereocenters. The molecule has 0 unspecified atom stereocenters. The number of anilines is 1. The van der Waals surface area contributed by atoms with E-state index in [1.54, 1.807) is 18.2 Å². The van der Waals surface area contributed by atoms with Crippen molar-refractivity contribution in [3.8, 4) is 0 Å². The van der Waals surface area contributed by atoms with Gasteiger partial charge >= 0.3 is 5.97 Å². The van der Waals surface area contributed by atoms with Gasteiger partial charge in [-0.15, -0.1) is 0 Å². The number of fused-ring (bicyclic) bond motifs is 2. The first-order chi connectivity index (χ1) is 12.6. The van der Waals surface area contributed by atoms with Crippen molar-refractivity contribution in [3.63, 3.8) is 0 Å². The molecule has 0 spiro atoms. The van der Waals surface area contributed by atoms with Gasteiger partial charge in [0, 0.05) is 5.92 Å². The fraction of sp³-hybridized carbons (Fsp3) is 0.500. The maximum absolute atomic E-state index is 13.0. The topological polar surface area (TPSA) is 92.8 Å². The fourth-order valence-corrected chi connectivity index (χ4v) is 4.26. The Balaban J connectivity index is 1.79. The highest BCUT2D eigenvalue weighted by Gasteiger charge is 2.64. The molecule has 27 heavy (non-hydrogen) atoms. The zero-order valence-corrected chi connectivity index (χ0v) is 16.0. The Kier molecular flexibility index (Phi) is 4.57. The van der Waals surface area contributed by atoms with Crippen LogP contribution in [0.25, 0.3) is 0 Å². The number of ether oxygens (including phenoxy) is 1. The van der Waals surface area contributed by atoms with E-state index in [4.69, 9.17) is 4.74 Å². The van der Waals surface area contributed by atoms with E-state index in [9.17, 15) is 19.2 Å². The minimum Gasteiger partial charge on any atom is -0.465 e. The number of hydrogen-bond donors (Lipinski definition) is 1. The molecule has 144 valence electrons. The number of para-hydroxylation sites is 1. The SMILES string of the molecule is COC(=O)c1ccccc1NC(=O)CN1C(=O)[C@@H]2CC[C@](C)(C1=O)C2(C)C. The van der Waals surface area contributed by atoms with E-state index < -0.39 is 22.7 Å². The number of carbonyl (C=O) groups is 4. The van der Waals surface area contributed by atoms with Crippen molar-refractivity contribution < 1.29 is 23.9 Å². The highest BCUT2D eigenvalue weighted by Crippen LogP contribution is 2.59. The van der Waals surface area contributed by atoms with Gasteiger partial charge in [-0.25, -0.2) is 4.79 Å². The van der Waals surface area contributed by atoms with Gasteiger partial charge < -0.3 is 10.1 Å². The average Bonchev–Trinajstić information content (AvgIpc) is 2.82. The highest BCUT2D eigenvalue weighted by molar-refractivity contribution is 6.08. The van der Waals surface area contributed by atoms with E-state index in [1.165, 1.54) is 13.2 Å². The van der Waals surface area contributed by atoms with Gasteiger partial charge in [0.1, 0.15) is 6.54 Å². The highest BCUT2D eigenvalue weighted by atomic mass is 16.5. The average molecular weight is 372 g/mol. The third kappa shape index (κ3) is 2.81. The number of rotatable bonds is 4. The quantitative estimate of drug-likeness (QED) is 0.646. The van der Waals surface area contributed by atoms with Gasteiger partial charge in [-0.05, 0) is 30.4 Å². The Morgan fingerprint density at radius 2 is 1.89 bits per heavy atom. The minimum atomic E-state index is -0.657. The summed E-state index contributed by atoms with van der Waals surface area (Å²) in [6.07, 6.45) is 1.29. The first-order valence-electron chi connectivity index (χ1n) is 8.96. The number of carbonyl (C=O) groups excluding carboxylic acids is 4. The van der Waals surface area contributed by atoms with Crippen molar-refractivity contribution in [2.75, 3.05) is 19.0 Å². The van der Waals surface area contributed by atoms with E-state index in [0.29, 0.717) is 12.8 Å². The molecule has 1 saturated heterocycles. The maximum atomic E-state index is 13.0. The van der Waals surface area contributed by atoms with Gasteiger partial charge in [0.25, 0.3) is 0 Å². The van der Waals surface area contributed by atoms with Crippen LogP contribution in [0.15, 0.2) is 24.3 Å². The summed E-state index contributed by atoms with van der Waals surface area (Å²) in [6.45, 7) is 5.41. The number of esters is 1. The molecule has 2 bridgehead atoms. The normalized spacial score (nSPS) is 26.1. The summed E-state index contributed by atoms with van der Waals surface area (Å²) in [5.41, 5.74) is -0.597. The third-order valence-electron chi connectivity index (χ3n) is 6.42. The van der Waals surface area contributed by atoms with Crippen molar-refractivity contribution in [1.29, 1.82) is 0 Å². The van der Waals surface area contributed by atoms with E-state index >= 15 is 0 Å². The van der Waals surface area contributed by atoms with Crippen molar-refractivity contribution >= 4 is 29.4 Å². The lowest BCUT2D eigenvalue weighted by atomic mass is 9.62. The zero-order valence-electron chi connectivity index (χ0n) is 16.0. The zero-order chi connectivity index (χ0) is 20.0. The number of methoxy groups -OCH3 is 1. The predicted molar refractivity (Wildman–Crippen MR) is 97.7 cm³/mol. The number of imide groups is 1. The molecule has 1 heterocycles. The number of hydrogen-bond acceptors (Lipinski definition) is 5. The summed E-state index contributed by atoms with van der Waals surface area (Å²) in [5.74, 6) is -1.98. The van der Waals surface area contributed by atoms with Crippen LogP contribution in [0.1, 0.15) is 44.0 Å². The largest absolute Gasteiger partial charge is 0.465 e. The lowest BCUT2D eigenvalue weighted by Gasteiger charge is -2.47. The molecule has 0 aromatic heterocycles. The van der Waals surface area contributed by atoms with Crippen LogP contribution in [0.5, 0.6) is 0 Å². The predicted octanol–water partition coefficient (Wildman–Crippen LogP) is 2.22. The van der Waals surface area contributed by atoms with Crippen LogP contribution >= 0.6 is 0 Å². The molecule has 2 aliphatic rings. The van der Waals surface area contributed by atoms with Crippen LogP contribution in [0.3, 0.4) is 0 Å². The monoisotopic (exact) mass is 372 g/mol. The molecule has 2 fully saturated rings. The molecule has 1 aromatic carbocycles. The summed E-state index contributed by atoms with van der Waals surface area (Å²) in [6, 6.07) is 6.42. The molecule has 1 saturated carbocycles. The number of benzene rings is 1. The van der Waals surface area contributed by atoms with Gasteiger partial charge in [-0.3, -0.25) is 19.3 Å². The number of piperidine rings is 1. The fourth-order valence-electron chi connectivity index (χ4n) is 4.26. The standard InChI is InChI=1S/C20H24N2O5/c1-19(2)13-9-10-20(19,3)18(26)22(16(13)24)11-15(23)21-14-8-6-5-7-12(14)17(25)27-4/h5-8,13H,9-11H2,1-4H3,(H,21,23)/t13-,20+/m0/s1. The molecular weight excluding hydrogens is 348 g/mol. The minimum absolute atomic E-state index is 0.206. The lowest BCUT2D eigenvalue weighted by Crippen LogP contribution is -2.60. The lowest BCUT2D eigenvalue weighted by molar-refractivity contribution is -0.168. The Bertz CT molecular complexity index is 831. The summed E-state index contributed by atoms with van der Waals surface area (Å²) in [7, 11) is 1.25. The van der Waals surface area contributed by atoms with E-state index in [-0.39, 0.29) is 35.5 Å². The molecule has 7 heteroatoms. The van der Waals surface area contributed by atoms with Gasteiger partial charge in [-0.2, -0.15) is 0 Å². The third-order valence-corrected chi connectivity index (χ3v) is 6.42. The van der Waals surface area contributed by atoms with Gasteiger partial charge in [0.2, 0.25) is 17.7 Å². The van der Waals surface area contributed by atoms with Gasteiger partial charge in [0.05, 0.1) is 23.8 Å². The number of nitrogens with zero attached hydrogens (tertiary/aromatic N) is 1. The maximum Gasteiger partial charge on any atom is 0.339 e.